The summed E-state index contributed by atoms with van der Waals surface area (Å²) in [5, 5.41) is 3.39. The Hall–Kier alpha value is -0.560. The van der Waals surface area contributed by atoms with E-state index in [9.17, 15) is 0 Å². The normalized spacial score (nSPS) is 9.15. The van der Waals surface area contributed by atoms with E-state index in [1.165, 1.54) is 0 Å². The van der Waals surface area contributed by atoms with Crippen molar-refractivity contribution in [1.29, 1.82) is 0 Å². The van der Waals surface area contributed by atoms with E-state index in [0.717, 1.165) is 10.0 Å². The molecule has 0 unspecified atom stereocenters. The maximum absolute atomic E-state index is 5.71. The van der Waals surface area contributed by atoms with Crippen molar-refractivity contribution in [3.05, 3.63) is 27.5 Å². The Morgan fingerprint density at radius 2 is 2.46 bits per heavy atom. The minimum atomic E-state index is 0.456. The highest BCUT2D eigenvalue weighted by atomic mass is 79.9. The summed E-state index contributed by atoms with van der Waals surface area (Å²) < 4.78 is 0.862. The Bertz CT molecular complexity index is 354. The number of nitrogens with zero attached hydrogens (tertiary/aromatic N) is 1. The first kappa shape index (κ1) is 10.5. The molecule has 1 N–H and O–H groups in total. The van der Waals surface area contributed by atoms with Crippen LogP contribution in [0.2, 0.25) is 5.15 Å². The van der Waals surface area contributed by atoms with E-state index in [2.05, 4.69) is 38.1 Å². The lowest BCUT2D eigenvalue weighted by Gasteiger charge is -1.95. The van der Waals surface area contributed by atoms with Crippen LogP contribution in [-0.4, -0.2) is 18.6 Å². The van der Waals surface area contributed by atoms with Gasteiger partial charge in [0.15, 0.2) is 0 Å². The van der Waals surface area contributed by atoms with Gasteiger partial charge in [0, 0.05) is 11.8 Å². The topological polar surface area (TPSA) is 24.9 Å². The number of aromatic nitrogens is 1. The fourth-order valence-corrected chi connectivity index (χ4v) is 1.21. The van der Waals surface area contributed by atoms with Gasteiger partial charge in [0.05, 0.1) is 11.0 Å². The predicted molar refractivity (Wildman–Crippen MR) is 57.8 cm³/mol. The Balaban J connectivity index is 2.89. The summed E-state index contributed by atoms with van der Waals surface area (Å²) in [6.45, 7) is 0.659. The largest absolute Gasteiger partial charge is 0.309 e. The van der Waals surface area contributed by atoms with E-state index in [-0.39, 0.29) is 0 Å². The van der Waals surface area contributed by atoms with Crippen LogP contribution in [0.25, 0.3) is 0 Å². The second-order valence-corrected chi connectivity index (χ2v) is 3.56. The molecule has 2 nitrogen and oxygen atoms in total. The second kappa shape index (κ2) is 5.23. The molecule has 0 spiro atoms. The first-order valence-electron chi connectivity index (χ1n) is 3.68. The fraction of sp³-hybridized carbons (Fsp3) is 0.222. The average Bonchev–Trinajstić information content (AvgIpc) is 2.11. The number of hydrogen-bond acceptors (Lipinski definition) is 2. The number of pyridine rings is 1. The smallest absolute Gasteiger partial charge is 0.130 e. The van der Waals surface area contributed by atoms with Crippen molar-refractivity contribution in [3.63, 3.8) is 0 Å². The Morgan fingerprint density at radius 1 is 1.69 bits per heavy atom. The number of nitrogens with one attached hydrogen (secondary N) is 1. The molecule has 0 amide bonds. The summed E-state index contributed by atoms with van der Waals surface area (Å²) in [5.41, 5.74) is 0.857. The third kappa shape index (κ3) is 3.35. The lowest BCUT2D eigenvalue weighted by atomic mass is 10.3. The lowest BCUT2D eigenvalue weighted by molar-refractivity contribution is 0.938. The zero-order valence-electron chi connectivity index (χ0n) is 7.06. The van der Waals surface area contributed by atoms with Gasteiger partial charge >= 0.3 is 0 Å². The van der Waals surface area contributed by atoms with Crippen molar-refractivity contribution in [2.24, 2.45) is 0 Å². The molecule has 0 aliphatic carbocycles. The molecule has 1 heterocycles. The molecule has 0 atom stereocenters. The van der Waals surface area contributed by atoms with Gasteiger partial charge < -0.3 is 5.32 Å². The maximum atomic E-state index is 5.71. The van der Waals surface area contributed by atoms with Crippen LogP contribution in [0.1, 0.15) is 5.56 Å². The molecule has 0 saturated carbocycles. The highest BCUT2D eigenvalue weighted by Crippen LogP contribution is 2.17. The fourth-order valence-electron chi connectivity index (χ4n) is 0.737. The molecule has 0 fully saturated rings. The molecule has 1 rings (SSSR count). The van der Waals surface area contributed by atoms with Gasteiger partial charge in [-0.3, -0.25) is 0 Å². The summed E-state index contributed by atoms with van der Waals surface area (Å²) in [6.07, 6.45) is 1.64. The summed E-state index contributed by atoms with van der Waals surface area (Å²) in [6, 6.07) is 1.73. The number of rotatable bonds is 1. The lowest BCUT2D eigenvalue weighted by Crippen LogP contribution is -2.04. The van der Waals surface area contributed by atoms with Gasteiger partial charge in [-0.05, 0) is 29.0 Å². The molecule has 0 saturated heterocycles. The molecular formula is C9H8BrClN2. The second-order valence-electron chi connectivity index (χ2n) is 2.32. The van der Waals surface area contributed by atoms with Crippen molar-refractivity contribution in [2.45, 2.75) is 0 Å². The molecular weight excluding hydrogens is 251 g/mol. The zero-order valence-corrected chi connectivity index (χ0v) is 9.41. The maximum Gasteiger partial charge on any atom is 0.130 e. The van der Waals surface area contributed by atoms with Crippen LogP contribution in [0.15, 0.2) is 16.7 Å². The molecule has 13 heavy (non-hydrogen) atoms. The van der Waals surface area contributed by atoms with Crippen LogP contribution in [0.3, 0.4) is 0 Å². The van der Waals surface area contributed by atoms with Crippen LogP contribution in [0.5, 0.6) is 0 Å². The first-order chi connectivity index (χ1) is 6.24. The molecule has 1 aromatic rings. The van der Waals surface area contributed by atoms with E-state index in [1.54, 1.807) is 12.3 Å². The van der Waals surface area contributed by atoms with Gasteiger partial charge in [-0.1, -0.05) is 23.4 Å². The van der Waals surface area contributed by atoms with Crippen LogP contribution in [0, 0.1) is 11.8 Å². The van der Waals surface area contributed by atoms with Gasteiger partial charge in [-0.2, -0.15) is 0 Å². The van der Waals surface area contributed by atoms with E-state index in [0.29, 0.717) is 11.7 Å². The monoisotopic (exact) mass is 258 g/mol. The molecule has 68 valence electrons. The van der Waals surface area contributed by atoms with Crippen LogP contribution in [0.4, 0.5) is 0 Å². The summed E-state index contributed by atoms with van der Waals surface area (Å²) in [7, 11) is 1.85. The highest BCUT2D eigenvalue weighted by Gasteiger charge is 1.97. The van der Waals surface area contributed by atoms with Gasteiger partial charge in [-0.15, -0.1) is 0 Å². The average molecular weight is 260 g/mol. The Labute approximate surface area is 90.8 Å². The standard InChI is InChI=1S/C9H8BrClN2/c1-12-4-2-3-7-5-9(11)13-6-8(7)10/h5-6,12H,4H2,1H3. The zero-order chi connectivity index (χ0) is 9.68. The number of hydrogen-bond donors (Lipinski definition) is 1. The van der Waals surface area contributed by atoms with Gasteiger partial charge in [0.1, 0.15) is 5.15 Å². The van der Waals surface area contributed by atoms with Crippen molar-refractivity contribution in [1.82, 2.24) is 10.3 Å². The minimum absolute atomic E-state index is 0.456. The highest BCUT2D eigenvalue weighted by molar-refractivity contribution is 9.10. The van der Waals surface area contributed by atoms with Gasteiger partial charge in [0.2, 0.25) is 0 Å². The predicted octanol–water partition coefficient (Wildman–Crippen LogP) is 2.07. The third-order valence-electron chi connectivity index (χ3n) is 1.31. The summed E-state index contributed by atoms with van der Waals surface area (Å²) in [4.78, 5) is 3.90. The molecule has 1 aromatic heterocycles. The van der Waals surface area contributed by atoms with Crippen LogP contribution in [-0.2, 0) is 0 Å². The first-order valence-corrected chi connectivity index (χ1v) is 4.85. The third-order valence-corrected chi connectivity index (χ3v) is 2.15. The SMILES string of the molecule is CNCC#Cc1cc(Cl)ncc1Br. The van der Waals surface area contributed by atoms with E-state index < -0.39 is 0 Å². The van der Waals surface area contributed by atoms with E-state index in [1.807, 2.05) is 7.05 Å². The summed E-state index contributed by atoms with van der Waals surface area (Å²) in [5.74, 6) is 5.91. The van der Waals surface area contributed by atoms with Crippen LogP contribution >= 0.6 is 27.5 Å². The molecule has 0 radical (unpaired) electrons. The van der Waals surface area contributed by atoms with Crippen molar-refractivity contribution >= 4 is 27.5 Å². The number of halogens is 2. The molecule has 0 aliphatic rings. The van der Waals surface area contributed by atoms with Crippen LogP contribution < -0.4 is 5.32 Å². The van der Waals surface area contributed by atoms with Crippen molar-refractivity contribution < 1.29 is 0 Å². The van der Waals surface area contributed by atoms with Crippen molar-refractivity contribution in [3.8, 4) is 11.8 Å². The van der Waals surface area contributed by atoms with Gasteiger partial charge in [0.25, 0.3) is 0 Å². The quantitative estimate of drug-likeness (QED) is 0.617. The molecule has 0 bridgehead atoms. The Kier molecular flexibility index (Phi) is 4.23. The molecule has 0 aliphatic heterocycles. The molecule has 0 aromatic carbocycles. The van der Waals surface area contributed by atoms with E-state index in [4.69, 9.17) is 11.6 Å². The summed E-state index contributed by atoms with van der Waals surface area (Å²) >= 11 is 9.05. The van der Waals surface area contributed by atoms with E-state index >= 15 is 0 Å². The minimum Gasteiger partial charge on any atom is -0.309 e. The Morgan fingerprint density at radius 3 is 3.15 bits per heavy atom. The molecule has 4 heteroatoms. The van der Waals surface area contributed by atoms with Crippen molar-refractivity contribution in [2.75, 3.05) is 13.6 Å². The van der Waals surface area contributed by atoms with Gasteiger partial charge in [-0.25, -0.2) is 4.98 Å².